The molecular weight excluding hydrogens is 436 g/mol. The monoisotopic (exact) mass is 456 g/mol. The lowest BCUT2D eigenvalue weighted by atomic mass is 10.1. The topological polar surface area (TPSA) is 115 Å². The Balaban J connectivity index is 1.65. The normalized spacial score (nSPS) is 11.5. The highest BCUT2D eigenvalue weighted by atomic mass is 32.2. The molecule has 0 spiro atoms. The van der Waals surface area contributed by atoms with Gasteiger partial charge in [-0.2, -0.15) is 0 Å². The molecule has 164 valence electrons. The van der Waals surface area contributed by atoms with E-state index in [1.165, 1.54) is 18.5 Å². The Morgan fingerprint density at radius 1 is 0.909 bits per heavy atom. The lowest BCUT2D eigenvalue weighted by Crippen LogP contribution is -2.13. The molecule has 5 rings (SSSR count). The van der Waals surface area contributed by atoms with Crippen LogP contribution in [0.5, 0.6) is 0 Å². The second kappa shape index (κ2) is 8.45. The van der Waals surface area contributed by atoms with Crippen LogP contribution in [0.2, 0.25) is 0 Å². The third kappa shape index (κ3) is 4.32. The minimum atomic E-state index is -3.90. The zero-order valence-electron chi connectivity index (χ0n) is 17.5. The van der Waals surface area contributed by atoms with Gasteiger partial charge in [0.25, 0.3) is 0 Å². The van der Waals surface area contributed by atoms with Crippen LogP contribution >= 0.6 is 0 Å². The van der Waals surface area contributed by atoms with Gasteiger partial charge in [-0.25, -0.2) is 23.1 Å². The quantitative estimate of drug-likeness (QED) is 0.402. The molecule has 0 bridgehead atoms. The highest BCUT2D eigenvalue weighted by Crippen LogP contribution is 2.31. The summed E-state index contributed by atoms with van der Waals surface area (Å²) in [4.78, 5) is 8.67. The Labute approximate surface area is 190 Å². The molecule has 5 aromatic rings. The second-order valence-electron chi connectivity index (χ2n) is 7.47. The predicted octanol–water partition coefficient (Wildman–Crippen LogP) is 3.72. The summed E-state index contributed by atoms with van der Waals surface area (Å²) < 4.78 is 25.3. The third-order valence-corrected chi connectivity index (χ3v) is 6.08. The number of primary sulfonamides is 1. The van der Waals surface area contributed by atoms with Gasteiger partial charge in [-0.1, -0.05) is 60.7 Å². The van der Waals surface area contributed by atoms with Crippen LogP contribution in [0.1, 0.15) is 5.56 Å². The van der Waals surface area contributed by atoms with E-state index in [2.05, 4.69) is 15.4 Å². The summed E-state index contributed by atoms with van der Waals surface area (Å²) in [5.74, 6) is 0.944. The lowest BCUT2D eigenvalue weighted by molar-refractivity contribution is 0.597. The SMILES string of the molecule is NS(=O)(=O)c1cncc(-c2nc(NCc3ccccc3)c3c(-c4ccccc4)ccn3n2)c1. The maximum absolute atomic E-state index is 11.8. The largest absolute Gasteiger partial charge is 0.364 e. The van der Waals surface area contributed by atoms with Crippen LogP contribution in [0.3, 0.4) is 0 Å². The number of fused-ring (bicyclic) bond motifs is 1. The van der Waals surface area contributed by atoms with Gasteiger partial charge in [0.2, 0.25) is 10.0 Å². The molecule has 0 saturated heterocycles. The summed E-state index contributed by atoms with van der Waals surface area (Å²) in [6.07, 6.45) is 4.57. The first kappa shape index (κ1) is 20.8. The number of nitrogens with zero attached hydrogens (tertiary/aromatic N) is 4. The summed E-state index contributed by atoms with van der Waals surface area (Å²) in [6, 6.07) is 23.4. The number of sulfonamides is 1. The van der Waals surface area contributed by atoms with E-state index in [0.717, 1.165) is 22.2 Å². The number of pyridine rings is 1. The van der Waals surface area contributed by atoms with E-state index in [1.807, 2.05) is 72.9 Å². The molecule has 3 aromatic heterocycles. The van der Waals surface area contributed by atoms with E-state index < -0.39 is 10.0 Å². The summed E-state index contributed by atoms with van der Waals surface area (Å²) in [5.41, 5.74) is 4.38. The Morgan fingerprint density at radius 2 is 1.64 bits per heavy atom. The number of benzene rings is 2. The number of aromatic nitrogens is 4. The molecule has 0 atom stereocenters. The van der Waals surface area contributed by atoms with E-state index in [-0.39, 0.29) is 4.90 Å². The van der Waals surface area contributed by atoms with Crippen molar-refractivity contribution in [2.75, 3.05) is 5.32 Å². The first-order chi connectivity index (χ1) is 16.0. The van der Waals surface area contributed by atoms with Crippen molar-refractivity contribution >= 4 is 21.4 Å². The van der Waals surface area contributed by atoms with Crippen molar-refractivity contribution in [1.82, 2.24) is 19.6 Å². The van der Waals surface area contributed by atoms with Crippen LogP contribution in [0, 0.1) is 0 Å². The molecule has 0 fully saturated rings. The summed E-state index contributed by atoms with van der Waals surface area (Å²) in [6.45, 7) is 0.557. The number of nitrogens with two attached hydrogens (primary N) is 1. The van der Waals surface area contributed by atoms with Crippen LogP contribution in [0.25, 0.3) is 28.0 Å². The van der Waals surface area contributed by atoms with Gasteiger partial charge in [-0.3, -0.25) is 4.98 Å². The van der Waals surface area contributed by atoms with Gasteiger partial charge in [0.1, 0.15) is 10.4 Å². The van der Waals surface area contributed by atoms with Gasteiger partial charge in [-0.05, 0) is 23.3 Å². The first-order valence-corrected chi connectivity index (χ1v) is 11.7. The Hall–Kier alpha value is -4.08. The van der Waals surface area contributed by atoms with Crippen molar-refractivity contribution in [3.63, 3.8) is 0 Å². The fraction of sp³-hybridized carbons (Fsp3) is 0.0417. The molecule has 0 amide bonds. The molecule has 0 aliphatic heterocycles. The van der Waals surface area contributed by atoms with Crippen molar-refractivity contribution in [1.29, 1.82) is 0 Å². The zero-order chi connectivity index (χ0) is 22.8. The fourth-order valence-electron chi connectivity index (χ4n) is 3.60. The molecule has 0 radical (unpaired) electrons. The van der Waals surface area contributed by atoms with Crippen molar-refractivity contribution in [3.05, 3.63) is 97.0 Å². The molecule has 0 aliphatic rings. The van der Waals surface area contributed by atoms with Crippen molar-refractivity contribution in [2.24, 2.45) is 5.14 Å². The molecule has 9 heteroatoms. The van der Waals surface area contributed by atoms with Gasteiger partial charge in [-0.15, -0.1) is 5.10 Å². The van der Waals surface area contributed by atoms with Crippen molar-refractivity contribution in [3.8, 4) is 22.5 Å². The average molecular weight is 457 g/mol. The standard InChI is InChI=1S/C24H20N6O2S/c25-33(31,32)20-13-19(15-26-16-20)23-28-24(27-14-17-7-3-1-4-8-17)22-21(11-12-30(22)29-23)18-9-5-2-6-10-18/h1-13,15-16H,14H2,(H2,25,31,32)(H,27,28,29). The summed E-state index contributed by atoms with van der Waals surface area (Å²) in [7, 11) is -3.90. The Kier molecular flexibility index (Phi) is 5.33. The van der Waals surface area contributed by atoms with Gasteiger partial charge >= 0.3 is 0 Å². The van der Waals surface area contributed by atoms with Gasteiger partial charge in [0, 0.05) is 36.3 Å². The third-order valence-electron chi connectivity index (χ3n) is 5.20. The molecule has 0 unspecified atom stereocenters. The average Bonchev–Trinajstić information content (AvgIpc) is 3.28. The number of anilines is 1. The highest BCUT2D eigenvalue weighted by molar-refractivity contribution is 7.89. The van der Waals surface area contributed by atoms with Crippen LogP contribution in [0.15, 0.2) is 96.3 Å². The van der Waals surface area contributed by atoms with Gasteiger partial charge < -0.3 is 5.32 Å². The Bertz CT molecular complexity index is 1530. The number of nitrogens with one attached hydrogen (secondary N) is 1. The summed E-state index contributed by atoms with van der Waals surface area (Å²) in [5, 5.41) is 13.3. The van der Waals surface area contributed by atoms with E-state index in [1.54, 1.807) is 4.52 Å². The zero-order valence-corrected chi connectivity index (χ0v) is 18.3. The van der Waals surface area contributed by atoms with Crippen molar-refractivity contribution < 1.29 is 8.42 Å². The van der Waals surface area contributed by atoms with E-state index in [4.69, 9.17) is 10.1 Å². The smallest absolute Gasteiger partial charge is 0.239 e. The minimum Gasteiger partial charge on any atom is -0.364 e. The molecule has 0 aliphatic carbocycles. The maximum atomic E-state index is 11.8. The predicted molar refractivity (Wildman–Crippen MR) is 127 cm³/mol. The lowest BCUT2D eigenvalue weighted by Gasteiger charge is -2.12. The van der Waals surface area contributed by atoms with Crippen LogP contribution < -0.4 is 10.5 Å². The van der Waals surface area contributed by atoms with E-state index >= 15 is 0 Å². The molecule has 33 heavy (non-hydrogen) atoms. The van der Waals surface area contributed by atoms with E-state index in [0.29, 0.717) is 23.8 Å². The molecule has 2 aromatic carbocycles. The van der Waals surface area contributed by atoms with Crippen LogP contribution in [0.4, 0.5) is 5.82 Å². The molecular formula is C24H20N6O2S. The molecule has 3 heterocycles. The number of hydrogen-bond donors (Lipinski definition) is 2. The second-order valence-corrected chi connectivity index (χ2v) is 9.03. The van der Waals surface area contributed by atoms with Gasteiger partial charge in [0.05, 0.1) is 0 Å². The Morgan fingerprint density at radius 3 is 2.36 bits per heavy atom. The number of rotatable bonds is 6. The fourth-order valence-corrected chi connectivity index (χ4v) is 4.10. The maximum Gasteiger partial charge on any atom is 0.239 e. The van der Waals surface area contributed by atoms with Gasteiger partial charge in [0.15, 0.2) is 11.6 Å². The van der Waals surface area contributed by atoms with Crippen LogP contribution in [-0.2, 0) is 16.6 Å². The molecule has 0 saturated carbocycles. The first-order valence-electron chi connectivity index (χ1n) is 10.2. The molecule has 8 nitrogen and oxygen atoms in total. The number of hydrogen-bond acceptors (Lipinski definition) is 6. The molecule has 3 N–H and O–H groups in total. The summed E-state index contributed by atoms with van der Waals surface area (Å²) >= 11 is 0. The highest BCUT2D eigenvalue weighted by Gasteiger charge is 2.17. The van der Waals surface area contributed by atoms with Crippen molar-refractivity contribution in [2.45, 2.75) is 11.4 Å². The minimum absolute atomic E-state index is 0.0972. The van der Waals surface area contributed by atoms with Crippen LogP contribution in [-0.4, -0.2) is 28.0 Å². The van der Waals surface area contributed by atoms with E-state index in [9.17, 15) is 8.42 Å².